The van der Waals surface area contributed by atoms with Gasteiger partial charge in [-0.2, -0.15) is 0 Å². The summed E-state index contributed by atoms with van der Waals surface area (Å²) in [5.74, 6) is -0.287. The van der Waals surface area contributed by atoms with Gasteiger partial charge in [0.15, 0.2) is 5.60 Å². The first-order valence-electron chi connectivity index (χ1n) is 7.38. The van der Waals surface area contributed by atoms with Gasteiger partial charge >= 0.3 is 5.97 Å². The molecule has 1 aromatic carbocycles. The van der Waals surface area contributed by atoms with Crippen LogP contribution in [0.3, 0.4) is 0 Å². The van der Waals surface area contributed by atoms with Crippen LogP contribution in [0.25, 0.3) is 0 Å². The number of esters is 1. The number of methoxy groups -OCH3 is 1. The smallest absolute Gasteiger partial charge is 0.337 e. The standard InChI is InChI=1S/C17H26O3/c1-4-5-6-10-13-17(2,16(18)19-3)20-14-15-11-8-7-9-12-15/h7-9,11-12H,4-6,10,13-14H2,1-3H3. The van der Waals surface area contributed by atoms with Crippen LogP contribution in [0.1, 0.15) is 51.5 Å². The van der Waals surface area contributed by atoms with Gasteiger partial charge in [0, 0.05) is 0 Å². The lowest BCUT2D eigenvalue weighted by Crippen LogP contribution is -2.39. The highest BCUT2D eigenvalue weighted by Crippen LogP contribution is 2.23. The molecule has 1 rings (SSSR count). The Bertz CT molecular complexity index is 388. The maximum absolute atomic E-state index is 12.0. The van der Waals surface area contributed by atoms with E-state index < -0.39 is 5.60 Å². The third-order valence-electron chi connectivity index (χ3n) is 3.52. The fourth-order valence-electron chi connectivity index (χ4n) is 2.16. The quantitative estimate of drug-likeness (QED) is 0.504. The molecule has 0 aliphatic carbocycles. The van der Waals surface area contributed by atoms with Crippen LogP contribution in [-0.4, -0.2) is 18.7 Å². The molecule has 1 unspecified atom stereocenters. The van der Waals surface area contributed by atoms with Crippen LogP contribution >= 0.6 is 0 Å². The van der Waals surface area contributed by atoms with Crippen LogP contribution in [0, 0.1) is 0 Å². The zero-order valence-corrected chi connectivity index (χ0v) is 12.9. The normalized spacial score (nSPS) is 13.8. The first-order chi connectivity index (χ1) is 9.62. The zero-order valence-electron chi connectivity index (χ0n) is 12.9. The summed E-state index contributed by atoms with van der Waals surface area (Å²) >= 11 is 0. The maximum atomic E-state index is 12.0. The summed E-state index contributed by atoms with van der Waals surface area (Å²) in [6.45, 7) is 4.43. The van der Waals surface area contributed by atoms with E-state index in [1.54, 1.807) is 0 Å². The molecule has 0 saturated carbocycles. The van der Waals surface area contributed by atoms with Crippen molar-refractivity contribution in [3.63, 3.8) is 0 Å². The molecule has 0 spiro atoms. The first-order valence-corrected chi connectivity index (χ1v) is 7.38. The molecule has 3 heteroatoms. The number of carbonyl (C=O) groups is 1. The molecule has 0 aromatic heterocycles. The molecule has 0 radical (unpaired) electrons. The molecule has 1 aromatic rings. The lowest BCUT2D eigenvalue weighted by Gasteiger charge is -2.27. The Morgan fingerprint density at radius 1 is 1.15 bits per heavy atom. The number of ether oxygens (including phenoxy) is 2. The van der Waals surface area contributed by atoms with E-state index in [9.17, 15) is 4.79 Å². The molecule has 0 saturated heterocycles. The van der Waals surface area contributed by atoms with Crippen molar-refractivity contribution >= 4 is 5.97 Å². The largest absolute Gasteiger partial charge is 0.467 e. The highest BCUT2D eigenvalue weighted by atomic mass is 16.6. The Morgan fingerprint density at radius 2 is 1.85 bits per heavy atom. The molecule has 0 N–H and O–H groups in total. The van der Waals surface area contributed by atoms with Crippen molar-refractivity contribution in [1.82, 2.24) is 0 Å². The molecule has 112 valence electrons. The van der Waals surface area contributed by atoms with Crippen LogP contribution in [0.5, 0.6) is 0 Å². The van der Waals surface area contributed by atoms with Crippen LogP contribution in [0.4, 0.5) is 0 Å². The minimum absolute atomic E-state index is 0.287. The van der Waals surface area contributed by atoms with Crippen molar-refractivity contribution in [2.45, 2.75) is 58.2 Å². The van der Waals surface area contributed by atoms with Gasteiger partial charge in [-0.05, 0) is 25.3 Å². The maximum Gasteiger partial charge on any atom is 0.337 e. The van der Waals surface area contributed by atoms with Gasteiger partial charge in [-0.3, -0.25) is 0 Å². The Balaban J connectivity index is 2.56. The van der Waals surface area contributed by atoms with Crippen molar-refractivity contribution < 1.29 is 14.3 Å². The Morgan fingerprint density at radius 3 is 2.45 bits per heavy atom. The minimum atomic E-state index is -0.849. The summed E-state index contributed by atoms with van der Waals surface area (Å²) < 4.78 is 10.8. The van der Waals surface area contributed by atoms with Gasteiger partial charge in [0.2, 0.25) is 0 Å². The van der Waals surface area contributed by atoms with Crippen molar-refractivity contribution in [3.8, 4) is 0 Å². The van der Waals surface area contributed by atoms with Gasteiger partial charge in [-0.25, -0.2) is 4.79 Å². The fraction of sp³-hybridized carbons (Fsp3) is 0.588. The molecule has 20 heavy (non-hydrogen) atoms. The number of benzene rings is 1. The molecule has 0 fully saturated rings. The summed E-state index contributed by atoms with van der Waals surface area (Å²) in [5, 5.41) is 0. The number of rotatable bonds is 9. The summed E-state index contributed by atoms with van der Waals surface area (Å²) in [6.07, 6.45) is 5.17. The first kappa shape index (κ1) is 16.7. The Kier molecular flexibility index (Phi) is 7.31. The van der Waals surface area contributed by atoms with E-state index >= 15 is 0 Å². The van der Waals surface area contributed by atoms with E-state index in [1.165, 1.54) is 20.0 Å². The third-order valence-corrected chi connectivity index (χ3v) is 3.52. The van der Waals surface area contributed by atoms with E-state index in [4.69, 9.17) is 9.47 Å². The average molecular weight is 278 g/mol. The van der Waals surface area contributed by atoms with Gasteiger partial charge in [-0.1, -0.05) is 56.5 Å². The molecule has 0 amide bonds. The SMILES string of the molecule is CCCCCCC(C)(OCc1ccccc1)C(=O)OC. The van der Waals surface area contributed by atoms with Gasteiger partial charge in [0.1, 0.15) is 0 Å². The van der Waals surface area contributed by atoms with E-state index in [0.29, 0.717) is 13.0 Å². The number of hydrogen-bond acceptors (Lipinski definition) is 3. The van der Waals surface area contributed by atoms with Gasteiger partial charge < -0.3 is 9.47 Å². The van der Waals surface area contributed by atoms with Crippen LogP contribution < -0.4 is 0 Å². The Labute approximate surface area is 122 Å². The second kappa shape index (κ2) is 8.75. The van der Waals surface area contributed by atoms with E-state index in [-0.39, 0.29) is 5.97 Å². The number of carbonyl (C=O) groups excluding carboxylic acids is 1. The van der Waals surface area contributed by atoms with E-state index in [1.807, 2.05) is 37.3 Å². The van der Waals surface area contributed by atoms with Crippen LogP contribution in [0.2, 0.25) is 0 Å². The van der Waals surface area contributed by atoms with Gasteiger partial charge in [-0.15, -0.1) is 0 Å². The summed E-state index contributed by atoms with van der Waals surface area (Å²) in [7, 11) is 1.42. The molecule has 1 atom stereocenters. The minimum Gasteiger partial charge on any atom is -0.467 e. The number of unbranched alkanes of at least 4 members (excludes halogenated alkanes) is 3. The van der Waals surface area contributed by atoms with Crippen molar-refractivity contribution in [2.24, 2.45) is 0 Å². The predicted octanol–water partition coefficient (Wildman–Crippen LogP) is 4.11. The fourth-order valence-corrected chi connectivity index (χ4v) is 2.16. The zero-order chi connectivity index (χ0) is 14.8. The molecule has 3 nitrogen and oxygen atoms in total. The highest BCUT2D eigenvalue weighted by molar-refractivity contribution is 5.78. The van der Waals surface area contributed by atoms with Crippen molar-refractivity contribution in [3.05, 3.63) is 35.9 Å². The third kappa shape index (κ3) is 5.33. The van der Waals surface area contributed by atoms with Crippen molar-refractivity contribution in [2.75, 3.05) is 7.11 Å². The number of hydrogen-bond donors (Lipinski definition) is 0. The summed E-state index contributed by atoms with van der Waals surface area (Å²) in [4.78, 5) is 12.0. The van der Waals surface area contributed by atoms with E-state index in [2.05, 4.69) is 6.92 Å². The molecular weight excluding hydrogens is 252 g/mol. The van der Waals surface area contributed by atoms with Crippen LogP contribution in [0.15, 0.2) is 30.3 Å². The summed E-state index contributed by atoms with van der Waals surface area (Å²) in [6, 6.07) is 9.89. The predicted molar refractivity (Wildman–Crippen MR) is 80.4 cm³/mol. The lowest BCUT2D eigenvalue weighted by molar-refractivity contribution is -0.170. The van der Waals surface area contributed by atoms with Gasteiger partial charge in [0.05, 0.1) is 13.7 Å². The molecular formula is C17H26O3. The van der Waals surface area contributed by atoms with Crippen LogP contribution in [-0.2, 0) is 20.9 Å². The van der Waals surface area contributed by atoms with Gasteiger partial charge in [0.25, 0.3) is 0 Å². The monoisotopic (exact) mass is 278 g/mol. The second-order valence-electron chi connectivity index (χ2n) is 5.31. The summed E-state index contributed by atoms with van der Waals surface area (Å²) in [5.41, 5.74) is 0.217. The van der Waals surface area contributed by atoms with Crippen molar-refractivity contribution in [1.29, 1.82) is 0 Å². The molecule has 0 heterocycles. The average Bonchev–Trinajstić information content (AvgIpc) is 2.50. The highest BCUT2D eigenvalue weighted by Gasteiger charge is 2.34. The lowest BCUT2D eigenvalue weighted by atomic mass is 9.97. The molecule has 0 aliphatic heterocycles. The Hall–Kier alpha value is -1.35. The van der Waals surface area contributed by atoms with E-state index in [0.717, 1.165) is 18.4 Å². The second-order valence-corrected chi connectivity index (χ2v) is 5.31. The molecule has 0 aliphatic rings. The topological polar surface area (TPSA) is 35.5 Å². The molecule has 0 bridgehead atoms.